The van der Waals surface area contributed by atoms with E-state index < -0.39 is 17.8 Å². The lowest BCUT2D eigenvalue weighted by atomic mass is 10.0. The first-order valence-corrected chi connectivity index (χ1v) is 8.95. The number of aromatic hydroxyl groups is 1. The van der Waals surface area contributed by atoms with Crippen LogP contribution in [-0.4, -0.2) is 33.7 Å². The van der Waals surface area contributed by atoms with Crippen LogP contribution in [-0.2, 0) is 11.3 Å². The van der Waals surface area contributed by atoms with Crippen LogP contribution >= 0.6 is 0 Å². The van der Waals surface area contributed by atoms with Gasteiger partial charge < -0.3 is 14.6 Å². The lowest BCUT2D eigenvalue weighted by Gasteiger charge is -2.22. The zero-order chi connectivity index (χ0) is 19.8. The van der Waals surface area contributed by atoms with E-state index >= 15 is 0 Å². The second-order valence-electron chi connectivity index (χ2n) is 6.89. The van der Waals surface area contributed by atoms with Gasteiger partial charge in [0.1, 0.15) is 29.5 Å². The predicted molar refractivity (Wildman–Crippen MR) is 101 cm³/mol. The van der Waals surface area contributed by atoms with Crippen molar-refractivity contribution in [3.8, 4) is 16.9 Å². The van der Waals surface area contributed by atoms with E-state index in [2.05, 4.69) is 0 Å². The van der Waals surface area contributed by atoms with E-state index in [-0.39, 0.29) is 34.3 Å². The van der Waals surface area contributed by atoms with Crippen molar-refractivity contribution in [2.24, 2.45) is 0 Å². The minimum Gasteiger partial charge on any atom is -0.507 e. The molecule has 6 nitrogen and oxygen atoms in total. The zero-order valence-corrected chi connectivity index (χ0v) is 14.9. The third kappa shape index (κ3) is 3.14. The maximum absolute atomic E-state index is 13.2. The highest BCUT2D eigenvalue weighted by Gasteiger charge is 2.31. The maximum Gasteiger partial charge on any atom is 0.320 e. The summed E-state index contributed by atoms with van der Waals surface area (Å²) in [5.41, 5.74) is 1.12. The number of carbonyl (C=O) groups is 1. The molecule has 1 saturated heterocycles. The van der Waals surface area contributed by atoms with Crippen LogP contribution in [0.5, 0.6) is 5.75 Å². The molecule has 2 aromatic carbocycles. The fourth-order valence-corrected chi connectivity index (χ4v) is 3.73. The molecule has 144 valence electrons. The monoisotopic (exact) mass is 383 g/mol. The van der Waals surface area contributed by atoms with Crippen LogP contribution < -0.4 is 5.43 Å². The van der Waals surface area contributed by atoms with Crippen LogP contribution in [0.1, 0.15) is 18.4 Å². The van der Waals surface area contributed by atoms with Crippen molar-refractivity contribution < 1.29 is 23.8 Å². The van der Waals surface area contributed by atoms with Crippen LogP contribution in [0.3, 0.4) is 0 Å². The van der Waals surface area contributed by atoms with Gasteiger partial charge in [0, 0.05) is 6.54 Å². The number of carboxylic acids is 1. The molecule has 7 heteroatoms. The molecule has 2 heterocycles. The largest absolute Gasteiger partial charge is 0.507 e. The number of rotatable bonds is 4. The summed E-state index contributed by atoms with van der Waals surface area (Å²) in [4.78, 5) is 26.1. The Hall–Kier alpha value is -3.19. The highest BCUT2D eigenvalue weighted by Crippen LogP contribution is 2.31. The van der Waals surface area contributed by atoms with Crippen molar-refractivity contribution in [2.45, 2.75) is 25.4 Å². The van der Waals surface area contributed by atoms with Crippen molar-refractivity contribution >= 4 is 16.9 Å². The number of fused-ring (bicyclic) bond motifs is 1. The molecule has 0 radical (unpaired) electrons. The first kappa shape index (κ1) is 18.2. The molecule has 0 spiro atoms. The summed E-state index contributed by atoms with van der Waals surface area (Å²) in [7, 11) is 0. The first-order chi connectivity index (χ1) is 13.5. The second-order valence-corrected chi connectivity index (χ2v) is 6.89. The molecule has 1 aliphatic rings. The lowest BCUT2D eigenvalue weighted by molar-refractivity contribution is -0.142. The maximum atomic E-state index is 13.2. The van der Waals surface area contributed by atoms with Gasteiger partial charge in [-0.05, 0) is 49.2 Å². The molecular weight excluding hydrogens is 365 g/mol. The molecule has 3 aromatic rings. The summed E-state index contributed by atoms with van der Waals surface area (Å²) in [6.45, 7) is 0.754. The Bertz CT molecular complexity index is 1110. The van der Waals surface area contributed by atoms with Crippen molar-refractivity contribution in [3.05, 3.63) is 64.3 Å². The van der Waals surface area contributed by atoms with Gasteiger partial charge in [0.15, 0.2) is 0 Å². The van der Waals surface area contributed by atoms with Gasteiger partial charge in [0.2, 0.25) is 5.43 Å². The van der Waals surface area contributed by atoms with E-state index in [0.717, 1.165) is 6.42 Å². The Labute approximate surface area is 159 Å². The summed E-state index contributed by atoms with van der Waals surface area (Å²) in [5.74, 6) is -1.36. The molecule has 4 rings (SSSR count). The molecule has 1 aliphatic heterocycles. The van der Waals surface area contributed by atoms with Gasteiger partial charge in [-0.1, -0.05) is 12.1 Å². The van der Waals surface area contributed by atoms with Crippen LogP contribution in [0.25, 0.3) is 22.1 Å². The van der Waals surface area contributed by atoms with E-state index in [1.165, 1.54) is 42.7 Å². The van der Waals surface area contributed by atoms with Crippen LogP contribution in [0.4, 0.5) is 4.39 Å². The highest BCUT2D eigenvalue weighted by molar-refractivity contribution is 5.85. The molecule has 1 atom stereocenters. The van der Waals surface area contributed by atoms with E-state index in [1.807, 2.05) is 0 Å². The van der Waals surface area contributed by atoms with Gasteiger partial charge in [0.25, 0.3) is 0 Å². The molecule has 0 saturated carbocycles. The molecule has 28 heavy (non-hydrogen) atoms. The van der Waals surface area contributed by atoms with E-state index in [4.69, 9.17) is 4.42 Å². The molecule has 0 bridgehead atoms. The summed E-state index contributed by atoms with van der Waals surface area (Å²) in [5, 5.41) is 20.0. The van der Waals surface area contributed by atoms with Gasteiger partial charge in [-0.25, -0.2) is 4.39 Å². The average molecular weight is 383 g/mol. The molecule has 1 fully saturated rings. The summed E-state index contributed by atoms with van der Waals surface area (Å²) in [6, 6.07) is 7.79. The molecule has 1 unspecified atom stereocenters. The van der Waals surface area contributed by atoms with Crippen molar-refractivity contribution in [1.29, 1.82) is 0 Å². The number of likely N-dealkylation sites (tertiary alicyclic amines) is 1. The fourth-order valence-electron chi connectivity index (χ4n) is 3.73. The molecule has 1 aromatic heterocycles. The van der Waals surface area contributed by atoms with Crippen LogP contribution in [0.15, 0.2) is 51.9 Å². The van der Waals surface area contributed by atoms with Crippen molar-refractivity contribution in [2.75, 3.05) is 6.54 Å². The minimum absolute atomic E-state index is 0.0544. The molecule has 2 N–H and O–H groups in total. The third-order valence-corrected chi connectivity index (χ3v) is 5.18. The standard InChI is InChI=1S/C21H18FNO5/c22-13-5-3-12(4-6-13)16-11-28-20-14(19(16)25)7-8-18(24)15(20)10-23-9-1-2-17(23)21(26)27/h3-8,11,17,24H,1-2,9-10H2,(H,26,27). The number of hydrogen-bond donors (Lipinski definition) is 2. The number of phenols is 1. The van der Waals surface area contributed by atoms with Gasteiger partial charge in [-0.2, -0.15) is 0 Å². The molecular formula is C21H18FNO5. The van der Waals surface area contributed by atoms with Crippen LogP contribution in [0.2, 0.25) is 0 Å². The van der Waals surface area contributed by atoms with Gasteiger partial charge in [-0.3, -0.25) is 14.5 Å². The van der Waals surface area contributed by atoms with Crippen LogP contribution in [0, 0.1) is 5.82 Å². The topological polar surface area (TPSA) is 91.0 Å². The number of nitrogens with zero attached hydrogens (tertiary/aromatic N) is 1. The zero-order valence-electron chi connectivity index (χ0n) is 14.9. The van der Waals surface area contributed by atoms with Gasteiger partial charge in [0.05, 0.1) is 16.5 Å². The summed E-state index contributed by atoms with van der Waals surface area (Å²) >= 11 is 0. The van der Waals surface area contributed by atoms with Gasteiger partial charge in [-0.15, -0.1) is 0 Å². The number of halogens is 1. The fraction of sp³-hybridized carbons (Fsp3) is 0.238. The van der Waals surface area contributed by atoms with E-state index in [1.54, 1.807) is 4.90 Å². The Balaban J connectivity index is 1.79. The number of hydrogen-bond acceptors (Lipinski definition) is 5. The lowest BCUT2D eigenvalue weighted by Crippen LogP contribution is -2.35. The van der Waals surface area contributed by atoms with Crippen molar-refractivity contribution in [1.82, 2.24) is 4.90 Å². The Morgan fingerprint density at radius 1 is 1.21 bits per heavy atom. The Morgan fingerprint density at radius 2 is 1.96 bits per heavy atom. The number of benzene rings is 2. The highest BCUT2D eigenvalue weighted by atomic mass is 19.1. The number of phenolic OH excluding ortho intramolecular Hbond substituents is 1. The van der Waals surface area contributed by atoms with E-state index in [0.29, 0.717) is 24.1 Å². The second kappa shape index (κ2) is 7.09. The SMILES string of the molecule is O=C(O)C1CCCN1Cc1c(O)ccc2c(=O)c(-c3ccc(F)cc3)coc12. The predicted octanol–water partition coefficient (Wildman–Crippen LogP) is 3.35. The Morgan fingerprint density at radius 3 is 2.68 bits per heavy atom. The van der Waals surface area contributed by atoms with Crippen molar-refractivity contribution in [3.63, 3.8) is 0 Å². The quantitative estimate of drug-likeness (QED) is 0.718. The average Bonchev–Trinajstić information content (AvgIpc) is 3.14. The van der Waals surface area contributed by atoms with E-state index in [9.17, 15) is 24.2 Å². The normalized spacial score (nSPS) is 17.2. The summed E-state index contributed by atoms with van der Waals surface area (Å²) < 4.78 is 18.9. The molecule has 0 aliphatic carbocycles. The Kier molecular flexibility index (Phi) is 4.60. The smallest absolute Gasteiger partial charge is 0.320 e. The number of aliphatic carboxylic acids is 1. The molecule has 0 amide bonds. The summed E-state index contributed by atoms with van der Waals surface area (Å²) in [6.07, 6.45) is 2.58. The minimum atomic E-state index is -0.905. The van der Waals surface area contributed by atoms with Gasteiger partial charge >= 0.3 is 5.97 Å². The number of carboxylic acid groups (broad SMARTS) is 1. The first-order valence-electron chi connectivity index (χ1n) is 8.95. The third-order valence-electron chi connectivity index (χ3n) is 5.18.